The normalized spacial score (nSPS) is 20.9. The van der Waals surface area contributed by atoms with Crippen LogP contribution >= 0.6 is 0 Å². The maximum atomic E-state index is 12.5. The molecule has 2 aromatic rings. The van der Waals surface area contributed by atoms with Gasteiger partial charge in [0.25, 0.3) is 0 Å². The zero-order valence-electron chi connectivity index (χ0n) is 14.8. The second-order valence-corrected chi connectivity index (χ2v) is 7.30. The van der Waals surface area contributed by atoms with E-state index in [1.165, 1.54) is 5.56 Å². The molecule has 0 amide bonds. The maximum absolute atomic E-state index is 12.5. The minimum Gasteiger partial charge on any atom is -0.508 e. The van der Waals surface area contributed by atoms with Gasteiger partial charge in [-0.15, -0.1) is 0 Å². The van der Waals surface area contributed by atoms with Crippen molar-refractivity contribution in [1.29, 1.82) is 0 Å². The van der Waals surface area contributed by atoms with Gasteiger partial charge in [0, 0.05) is 5.92 Å². The Labute approximate surface area is 154 Å². The fraction of sp³-hybridized carbons (Fsp3) is 0.348. The first kappa shape index (κ1) is 16.9. The van der Waals surface area contributed by atoms with Crippen LogP contribution in [0.15, 0.2) is 72.0 Å². The molecule has 0 spiro atoms. The molecule has 134 valence electrons. The Kier molecular flexibility index (Phi) is 4.79. The summed E-state index contributed by atoms with van der Waals surface area (Å²) in [6.07, 6.45) is 4.15. The van der Waals surface area contributed by atoms with Crippen LogP contribution in [0.5, 0.6) is 0 Å². The quantitative estimate of drug-likeness (QED) is 0.721. The van der Waals surface area contributed by atoms with E-state index in [9.17, 15) is 9.90 Å². The van der Waals surface area contributed by atoms with E-state index in [2.05, 4.69) is 12.1 Å². The number of ether oxygens (including phenoxy) is 1. The third-order valence-electron chi connectivity index (χ3n) is 5.39. The first-order valence-corrected chi connectivity index (χ1v) is 9.47. The SMILES string of the molecule is O=C1OC(CCCc2ccccc2)C(O)=C1C(c1ccccc1)C1CC1. The van der Waals surface area contributed by atoms with Crippen molar-refractivity contribution in [1.82, 2.24) is 0 Å². The largest absolute Gasteiger partial charge is 0.508 e. The Morgan fingerprint density at radius 1 is 1.00 bits per heavy atom. The summed E-state index contributed by atoms with van der Waals surface area (Å²) in [5.74, 6) is 0.213. The highest BCUT2D eigenvalue weighted by molar-refractivity contribution is 5.93. The van der Waals surface area contributed by atoms with Gasteiger partial charge in [0.05, 0.1) is 5.57 Å². The van der Waals surface area contributed by atoms with Gasteiger partial charge in [-0.25, -0.2) is 4.79 Å². The topological polar surface area (TPSA) is 46.5 Å². The lowest BCUT2D eigenvalue weighted by atomic mass is 9.86. The van der Waals surface area contributed by atoms with E-state index in [1.54, 1.807) is 0 Å². The van der Waals surface area contributed by atoms with Crippen molar-refractivity contribution >= 4 is 5.97 Å². The lowest BCUT2D eigenvalue weighted by molar-refractivity contribution is -0.140. The number of hydrogen-bond donors (Lipinski definition) is 1. The van der Waals surface area contributed by atoms with Crippen molar-refractivity contribution in [3.8, 4) is 0 Å². The zero-order valence-corrected chi connectivity index (χ0v) is 14.8. The van der Waals surface area contributed by atoms with Gasteiger partial charge >= 0.3 is 5.97 Å². The van der Waals surface area contributed by atoms with Gasteiger partial charge in [0.15, 0.2) is 6.10 Å². The van der Waals surface area contributed by atoms with Crippen LogP contribution in [0.25, 0.3) is 0 Å². The van der Waals surface area contributed by atoms with Crippen molar-refractivity contribution in [2.24, 2.45) is 5.92 Å². The van der Waals surface area contributed by atoms with E-state index in [-0.39, 0.29) is 17.6 Å². The highest BCUT2D eigenvalue weighted by atomic mass is 16.6. The molecule has 0 aromatic heterocycles. The van der Waals surface area contributed by atoms with Gasteiger partial charge < -0.3 is 9.84 Å². The number of hydrogen-bond acceptors (Lipinski definition) is 3. The van der Waals surface area contributed by atoms with Crippen LogP contribution in [0.4, 0.5) is 0 Å². The molecule has 2 atom stereocenters. The Morgan fingerprint density at radius 3 is 2.31 bits per heavy atom. The molecule has 0 saturated heterocycles. The van der Waals surface area contributed by atoms with Gasteiger partial charge in [-0.1, -0.05) is 60.7 Å². The number of aliphatic hydroxyl groups excluding tert-OH is 1. The van der Waals surface area contributed by atoms with Crippen molar-refractivity contribution in [2.75, 3.05) is 0 Å². The molecule has 1 fully saturated rings. The standard InChI is InChI=1S/C23H24O3/c24-22-19(13-7-10-16-8-3-1-4-9-16)26-23(25)21(22)20(18-14-15-18)17-11-5-2-6-12-17/h1-6,8-9,11-12,18-20,24H,7,10,13-15H2. The van der Waals surface area contributed by atoms with Crippen LogP contribution in [0.3, 0.4) is 0 Å². The number of carbonyl (C=O) groups is 1. The second-order valence-electron chi connectivity index (χ2n) is 7.30. The molecule has 3 nitrogen and oxygen atoms in total. The molecule has 4 rings (SSSR count). The van der Waals surface area contributed by atoms with Crippen LogP contribution in [0.2, 0.25) is 0 Å². The summed E-state index contributed by atoms with van der Waals surface area (Å²) in [6, 6.07) is 20.3. The van der Waals surface area contributed by atoms with Crippen LogP contribution in [0.1, 0.15) is 42.7 Å². The average molecular weight is 348 g/mol. The zero-order chi connectivity index (χ0) is 17.9. The van der Waals surface area contributed by atoms with Gasteiger partial charge in [-0.2, -0.15) is 0 Å². The average Bonchev–Trinajstić information content (AvgIpc) is 3.46. The summed E-state index contributed by atoms with van der Waals surface area (Å²) in [4.78, 5) is 12.5. The van der Waals surface area contributed by atoms with Gasteiger partial charge in [0.2, 0.25) is 0 Å². The number of benzene rings is 2. The van der Waals surface area contributed by atoms with Gasteiger partial charge in [-0.3, -0.25) is 0 Å². The third kappa shape index (κ3) is 3.52. The highest BCUT2D eigenvalue weighted by Crippen LogP contribution is 2.49. The molecule has 2 aromatic carbocycles. The molecule has 1 aliphatic carbocycles. The molecular weight excluding hydrogens is 324 g/mol. The van der Waals surface area contributed by atoms with Gasteiger partial charge in [0.1, 0.15) is 5.76 Å². The fourth-order valence-electron chi connectivity index (χ4n) is 3.91. The maximum Gasteiger partial charge on any atom is 0.338 e. The van der Waals surface area contributed by atoms with E-state index in [0.717, 1.165) is 31.2 Å². The van der Waals surface area contributed by atoms with E-state index in [4.69, 9.17) is 4.74 Å². The van der Waals surface area contributed by atoms with E-state index in [1.807, 2.05) is 48.5 Å². The first-order chi connectivity index (χ1) is 12.7. The Hall–Kier alpha value is -2.55. The molecule has 0 bridgehead atoms. The number of rotatable bonds is 7. The van der Waals surface area contributed by atoms with Crippen molar-refractivity contribution in [2.45, 2.75) is 44.1 Å². The molecule has 1 aliphatic heterocycles. The predicted molar refractivity (Wildman–Crippen MR) is 101 cm³/mol. The number of carbonyl (C=O) groups excluding carboxylic acids is 1. The minimum atomic E-state index is -0.494. The third-order valence-corrected chi connectivity index (χ3v) is 5.39. The van der Waals surface area contributed by atoms with Crippen LogP contribution in [-0.4, -0.2) is 17.2 Å². The number of aliphatic hydroxyl groups is 1. The lowest BCUT2D eigenvalue weighted by Crippen LogP contribution is -2.12. The summed E-state index contributed by atoms with van der Waals surface area (Å²) in [6.45, 7) is 0. The molecule has 1 heterocycles. The number of aryl methyl sites for hydroxylation is 1. The van der Waals surface area contributed by atoms with E-state index in [0.29, 0.717) is 17.9 Å². The van der Waals surface area contributed by atoms with Crippen molar-refractivity contribution < 1.29 is 14.6 Å². The molecule has 1 saturated carbocycles. The predicted octanol–water partition coefficient (Wildman–Crippen LogP) is 4.94. The Balaban J connectivity index is 1.49. The first-order valence-electron chi connectivity index (χ1n) is 9.47. The van der Waals surface area contributed by atoms with Crippen molar-refractivity contribution in [3.63, 3.8) is 0 Å². The van der Waals surface area contributed by atoms with Crippen LogP contribution < -0.4 is 0 Å². The lowest BCUT2D eigenvalue weighted by Gasteiger charge is -2.16. The molecule has 2 aliphatic rings. The molecule has 1 N–H and O–H groups in total. The molecule has 26 heavy (non-hydrogen) atoms. The monoisotopic (exact) mass is 348 g/mol. The molecule has 3 heteroatoms. The number of esters is 1. The summed E-state index contributed by atoms with van der Waals surface area (Å²) < 4.78 is 5.54. The summed E-state index contributed by atoms with van der Waals surface area (Å²) in [5, 5.41) is 10.8. The van der Waals surface area contributed by atoms with Gasteiger partial charge in [-0.05, 0) is 49.1 Å². The molecular formula is C23H24O3. The highest BCUT2D eigenvalue weighted by Gasteiger charge is 2.44. The minimum absolute atomic E-state index is 0.0391. The van der Waals surface area contributed by atoms with E-state index < -0.39 is 6.10 Å². The van der Waals surface area contributed by atoms with Crippen molar-refractivity contribution in [3.05, 3.63) is 83.1 Å². The smallest absolute Gasteiger partial charge is 0.338 e. The Bertz CT molecular complexity index is 791. The molecule has 2 unspecified atom stereocenters. The Morgan fingerprint density at radius 2 is 1.65 bits per heavy atom. The molecule has 0 radical (unpaired) electrons. The second kappa shape index (κ2) is 7.36. The van der Waals surface area contributed by atoms with E-state index >= 15 is 0 Å². The summed E-state index contributed by atoms with van der Waals surface area (Å²) in [5.41, 5.74) is 2.85. The van der Waals surface area contributed by atoms with Crippen LogP contribution in [0, 0.1) is 5.92 Å². The number of cyclic esters (lactones) is 1. The summed E-state index contributed by atoms with van der Waals surface area (Å²) in [7, 11) is 0. The van der Waals surface area contributed by atoms with Crippen LogP contribution in [-0.2, 0) is 16.0 Å². The summed E-state index contributed by atoms with van der Waals surface area (Å²) >= 11 is 0. The fourth-order valence-corrected chi connectivity index (χ4v) is 3.91.